The molecule has 1 heterocycles. The number of carbonyl (C=O) groups is 2. The van der Waals surface area contributed by atoms with E-state index in [1.807, 2.05) is 0 Å². The van der Waals surface area contributed by atoms with E-state index in [1.54, 1.807) is 36.4 Å². The number of amidine groups is 1. The fourth-order valence-electron chi connectivity index (χ4n) is 2.33. The number of imide groups is 1. The lowest BCUT2D eigenvalue weighted by Crippen LogP contribution is -2.33. The second kappa shape index (κ2) is 8.93. The molecule has 2 N–H and O–H groups in total. The van der Waals surface area contributed by atoms with Gasteiger partial charge in [-0.2, -0.15) is 4.91 Å². The van der Waals surface area contributed by atoms with Gasteiger partial charge in [0.2, 0.25) is 7.28 Å². The van der Waals surface area contributed by atoms with Crippen LogP contribution in [0.5, 0.6) is 0 Å². The topological polar surface area (TPSA) is 111 Å². The molecule has 0 unspecified atom stereocenters. The minimum atomic E-state index is -0.910. The Balaban J connectivity index is 1.86. The summed E-state index contributed by atoms with van der Waals surface area (Å²) in [5.74, 6) is -0.611. The van der Waals surface area contributed by atoms with E-state index in [-0.39, 0.29) is 24.8 Å². The van der Waals surface area contributed by atoms with Crippen molar-refractivity contribution in [1.82, 2.24) is 10.2 Å². The zero-order valence-corrected chi connectivity index (χ0v) is 13.8. The molecule has 1 aromatic rings. The predicted molar refractivity (Wildman–Crippen MR) is 96.6 cm³/mol. The van der Waals surface area contributed by atoms with Crippen molar-refractivity contribution >= 4 is 31.9 Å². The quantitative estimate of drug-likeness (QED) is 0.177. The second-order valence-corrected chi connectivity index (χ2v) is 5.28. The van der Waals surface area contributed by atoms with Gasteiger partial charge in [0.1, 0.15) is 0 Å². The maximum Gasteiger partial charge on any atom is 0.428 e. The van der Waals surface area contributed by atoms with E-state index in [1.165, 1.54) is 19.0 Å². The van der Waals surface area contributed by atoms with E-state index in [0.717, 1.165) is 0 Å². The van der Waals surface area contributed by atoms with E-state index in [2.05, 4.69) is 15.4 Å². The summed E-state index contributed by atoms with van der Waals surface area (Å²) in [5.41, 5.74) is 1.18. The van der Waals surface area contributed by atoms with E-state index < -0.39 is 7.05 Å². The van der Waals surface area contributed by atoms with Crippen LogP contribution in [0.2, 0.25) is 6.82 Å². The fraction of sp³-hybridized carbons (Fsp3) is 0.267. The van der Waals surface area contributed by atoms with Gasteiger partial charge in [-0.15, -0.1) is 0 Å². The lowest BCUT2D eigenvalue weighted by molar-refractivity contribution is 0.0672. The largest absolute Gasteiger partial charge is 0.431 e. The minimum absolute atomic E-state index is 0.0582. The molecule has 1 aromatic carbocycles. The van der Waals surface area contributed by atoms with E-state index in [0.29, 0.717) is 23.4 Å². The Morgan fingerprint density at radius 3 is 2.48 bits per heavy atom. The molecular formula is C15H17B2N4O4. The highest BCUT2D eigenvalue weighted by molar-refractivity contribution is 6.77. The first kappa shape index (κ1) is 18.6. The van der Waals surface area contributed by atoms with E-state index in [4.69, 9.17) is 0 Å². The molecule has 10 heteroatoms. The van der Waals surface area contributed by atoms with Gasteiger partial charge in [-0.3, -0.25) is 14.5 Å². The first-order valence-electron chi connectivity index (χ1n) is 7.77. The molecule has 0 saturated heterocycles. The smallest absolute Gasteiger partial charge is 0.428 e. The molecule has 25 heavy (non-hydrogen) atoms. The standard InChI is InChI=1S/C15H17B2N4O4/c1-17(24)20-15(16-10-19-25)18-8-4-5-9-21-13(22)11-6-2-3-7-12(11)14(21)23/h2-7,24H,8-10H2,1H3,(H,18,20). The van der Waals surface area contributed by atoms with Gasteiger partial charge in [-0.1, -0.05) is 29.5 Å². The highest BCUT2D eigenvalue weighted by atomic mass is 16.3. The SMILES string of the molecule is CB(O)N=C([B]CN=O)NCC=CCN1C(=O)c2ccccc2C1=O. The van der Waals surface area contributed by atoms with Crippen LogP contribution in [0.25, 0.3) is 0 Å². The number of hydrogen-bond acceptors (Lipinski definition) is 6. The Bertz CT molecular complexity index is 686. The van der Waals surface area contributed by atoms with Gasteiger partial charge < -0.3 is 15.2 Å². The van der Waals surface area contributed by atoms with Crippen molar-refractivity contribution in [2.45, 2.75) is 6.82 Å². The van der Waals surface area contributed by atoms with Gasteiger partial charge >= 0.3 is 7.05 Å². The molecule has 0 atom stereocenters. The Morgan fingerprint density at radius 1 is 1.28 bits per heavy atom. The summed E-state index contributed by atoms with van der Waals surface area (Å²) in [7, 11) is 0.547. The average Bonchev–Trinajstić information content (AvgIpc) is 2.83. The summed E-state index contributed by atoms with van der Waals surface area (Å²) in [6.45, 7) is 2.00. The Hall–Kier alpha value is -2.74. The van der Waals surface area contributed by atoms with Crippen LogP contribution in [-0.4, -0.2) is 61.3 Å². The van der Waals surface area contributed by atoms with Crippen molar-refractivity contribution < 1.29 is 14.6 Å². The van der Waals surface area contributed by atoms with Gasteiger partial charge in [-0.25, -0.2) is 0 Å². The third kappa shape index (κ3) is 4.87. The fourth-order valence-corrected chi connectivity index (χ4v) is 2.33. The van der Waals surface area contributed by atoms with Crippen LogP contribution in [0.4, 0.5) is 0 Å². The number of rotatable bonds is 8. The van der Waals surface area contributed by atoms with E-state index in [9.17, 15) is 19.5 Å². The Morgan fingerprint density at radius 2 is 1.92 bits per heavy atom. The van der Waals surface area contributed by atoms with Crippen molar-refractivity contribution in [3.8, 4) is 0 Å². The third-order valence-corrected chi connectivity index (χ3v) is 3.42. The van der Waals surface area contributed by atoms with Crippen LogP contribution in [0.15, 0.2) is 46.5 Å². The summed E-state index contributed by atoms with van der Waals surface area (Å²) >= 11 is 0. The molecule has 0 aromatic heterocycles. The van der Waals surface area contributed by atoms with Crippen LogP contribution < -0.4 is 5.32 Å². The summed E-state index contributed by atoms with van der Waals surface area (Å²) in [5, 5.41) is 14.9. The maximum atomic E-state index is 12.2. The van der Waals surface area contributed by atoms with Crippen molar-refractivity contribution in [2.24, 2.45) is 10.1 Å². The van der Waals surface area contributed by atoms with Gasteiger partial charge in [0.25, 0.3) is 11.8 Å². The number of benzene rings is 1. The molecule has 1 aliphatic heterocycles. The number of fused-ring (bicyclic) bond motifs is 1. The van der Waals surface area contributed by atoms with E-state index >= 15 is 0 Å². The summed E-state index contributed by atoms with van der Waals surface area (Å²) < 4.78 is 0. The van der Waals surface area contributed by atoms with Gasteiger partial charge in [0.15, 0.2) is 0 Å². The Labute approximate surface area is 146 Å². The molecule has 127 valence electrons. The van der Waals surface area contributed by atoms with Gasteiger partial charge in [0.05, 0.1) is 17.6 Å². The zero-order valence-electron chi connectivity index (χ0n) is 13.8. The van der Waals surface area contributed by atoms with Crippen molar-refractivity contribution in [3.05, 3.63) is 52.5 Å². The number of hydrogen-bond donors (Lipinski definition) is 2. The van der Waals surface area contributed by atoms with Gasteiger partial charge in [-0.05, 0) is 19.0 Å². The number of nitrogens with one attached hydrogen (secondary N) is 1. The van der Waals surface area contributed by atoms with Crippen molar-refractivity contribution in [1.29, 1.82) is 0 Å². The average molecular weight is 339 g/mol. The molecule has 2 amide bonds. The summed E-state index contributed by atoms with van der Waals surface area (Å²) in [6, 6.07) is 6.72. The predicted octanol–water partition coefficient (Wildman–Crippen LogP) is 0.323. The summed E-state index contributed by atoms with van der Waals surface area (Å²) in [6.07, 6.45) is 3.35. The first-order chi connectivity index (χ1) is 12.0. The van der Waals surface area contributed by atoms with Gasteiger partial charge in [0, 0.05) is 18.8 Å². The molecular weight excluding hydrogens is 322 g/mol. The van der Waals surface area contributed by atoms with Crippen LogP contribution in [-0.2, 0) is 0 Å². The monoisotopic (exact) mass is 339 g/mol. The Kier molecular flexibility index (Phi) is 6.64. The lowest BCUT2D eigenvalue weighted by atomic mass is 9.75. The molecule has 1 radical (unpaired) electrons. The normalized spacial score (nSPS) is 14.0. The highest BCUT2D eigenvalue weighted by Crippen LogP contribution is 2.21. The third-order valence-electron chi connectivity index (χ3n) is 3.42. The number of amides is 2. The van der Waals surface area contributed by atoms with Crippen molar-refractivity contribution in [3.63, 3.8) is 0 Å². The second-order valence-electron chi connectivity index (χ2n) is 5.28. The van der Waals surface area contributed by atoms with Crippen LogP contribution in [0.3, 0.4) is 0 Å². The molecule has 1 aliphatic rings. The summed E-state index contributed by atoms with van der Waals surface area (Å²) in [4.78, 5) is 39.6. The molecule has 0 fully saturated rings. The zero-order chi connectivity index (χ0) is 18.2. The van der Waals surface area contributed by atoms with Crippen LogP contribution in [0, 0.1) is 4.91 Å². The highest BCUT2D eigenvalue weighted by Gasteiger charge is 2.33. The number of carbonyl (C=O) groups excluding carboxylic acids is 2. The molecule has 0 bridgehead atoms. The molecule has 2 rings (SSSR count). The molecule has 8 nitrogen and oxygen atoms in total. The molecule has 0 saturated carbocycles. The molecule has 0 aliphatic carbocycles. The van der Waals surface area contributed by atoms with Crippen LogP contribution >= 0.6 is 0 Å². The lowest BCUT2D eigenvalue weighted by Gasteiger charge is -2.11. The van der Waals surface area contributed by atoms with Crippen LogP contribution in [0.1, 0.15) is 20.7 Å². The minimum Gasteiger partial charge on any atom is -0.431 e. The maximum absolute atomic E-state index is 12.2. The number of nitroso groups, excluding NO2 is 1. The van der Waals surface area contributed by atoms with Crippen molar-refractivity contribution in [2.75, 3.05) is 19.5 Å². The molecule has 0 spiro atoms. The number of nitrogens with zero attached hydrogens (tertiary/aromatic N) is 3. The first-order valence-corrected chi connectivity index (χ1v) is 7.77.